The fourth-order valence-electron chi connectivity index (χ4n) is 4.00. The molecule has 1 atom stereocenters. The zero-order valence-corrected chi connectivity index (χ0v) is 19.4. The molecule has 1 fully saturated rings. The average Bonchev–Trinajstić information content (AvgIpc) is 3.33. The lowest BCUT2D eigenvalue weighted by Crippen LogP contribution is -2.40. The van der Waals surface area contributed by atoms with Crippen molar-refractivity contribution in [1.29, 1.82) is 0 Å². The molecule has 0 radical (unpaired) electrons. The van der Waals surface area contributed by atoms with Crippen molar-refractivity contribution in [3.05, 3.63) is 71.9 Å². The molecule has 0 bridgehead atoms. The number of phenols is 1. The summed E-state index contributed by atoms with van der Waals surface area (Å²) in [5, 5.41) is 15.9. The zero-order valence-electron chi connectivity index (χ0n) is 18.6. The number of nitrogens with one attached hydrogen (secondary N) is 2. The van der Waals surface area contributed by atoms with Gasteiger partial charge in [0.2, 0.25) is 16.0 Å². The Labute approximate surface area is 194 Å². The molecule has 2 heterocycles. The summed E-state index contributed by atoms with van der Waals surface area (Å²) in [7, 11) is -3.32. The van der Waals surface area contributed by atoms with Gasteiger partial charge in [-0.3, -0.25) is 0 Å². The second-order valence-electron chi connectivity index (χ2n) is 8.26. The molecule has 0 spiro atoms. The molecule has 0 aliphatic carbocycles. The van der Waals surface area contributed by atoms with Crippen molar-refractivity contribution >= 4 is 16.0 Å². The third-order valence-corrected chi connectivity index (χ3v) is 7.00. The van der Waals surface area contributed by atoms with Gasteiger partial charge in [0.05, 0.1) is 11.9 Å². The van der Waals surface area contributed by atoms with Crippen molar-refractivity contribution in [3.8, 4) is 17.0 Å². The first-order valence-electron chi connectivity index (χ1n) is 11.0. The molecule has 1 aliphatic rings. The second-order valence-corrected chi connectivity index (χ2v) is 10.2. The smallest absolute Gasteiger partial charge is 0.223 e. The van der Waals surface area contributed by atoms with Crippen LogP contribution in [0.15, 0.2) is 60.8 Å². The maximum absolute atomic E-state index is 12.4. The Kier molecular flexibility index (Phi) is 7.22. The van der Waals surface area contributed by atoms with Crippen LogP contribution in [0.5, 0.6) is 5.75 Å². The highest BCUT2D eigenvalue weighted by molar-refractivity contribution is 7.88. The largest absolute Gasteiger partial charge is 0.508 e. The number of anilines is 1. The van der Waals surface area contributed by atoms with E-state index in [9.17, 15) is 13.5 Å². The maximum atomic E-state index is 12.4. The van der Waals surface area contributed by atoms with Gasteiger partial charge in [-0.25, -0.2) is 18.4 Å². The van der Waals surface area contributed by atoms with Crippen LogP contribution in [0, 0.1) is 0 Å². The van der Waals surface area contributed by atoms with E-state index >= 15 is 0 Å². The fourth-order valence-corrected chi connectivity index (χ4v) is 5.10. The van der Waals surface area contributed by atoms with Crippen LogP contribution in [0.3, 0.4) is 0 Å². The quantitative estimate of drug-likeness (QED) is 0.444. The molecule has 1 unspecified atom stereocenters. The molecule has 0 amide bonds. The van der Waals surface area contributed by atoms with E-state index in [2.05, 4.69) is 20.6 Å². The molecule has 1 saturated heterocycles. The molecular weight excluding hydrogens is 438 g/mol. The normalized spacial score (nSPS) is 16.2. The Balaban J connectivity index is 1.44. The number of aromatic hydroxyl groups is 1. The minimum atomic E-state index is -3.32. The molecule has 9 heteroatoms. The Bertz CT molecular complexity index is 1180. The van der Waals surface area contributed by atoms with Crippen molar-refractivity contribution in [1.82, 2.24) is 19.6 Å². The van der Waals surface area contributed by atoms with Gasteiger partial charge in [-0.2, -0.15) is 4.31 Å². The van der Waals surface area contributed by atoms with Crippen LogP contribution in [0.1, 0.15) is 17.5 Å². The summed E-state index contributed by atoms with van der Waals surface area (Å²) in [5.41, 5.74) is 3.71. The first kappa shape index (κ1) is 23.2. The minimum absolute atomic E-state index is 0.0212. The van der Waals surface area contributed by atoms with Crippen molar-refractivity contribution in [2.45, 2.75) is 25.4 Å². The summed E-state index contributed by atoms with van der Waals surface area (Å²) < 4.78 is 26.4. The molecule has 8 nitrogen and oxygen atoms in total. The van der Waals surface area contributed by atoms with Crippen LogP contribution in [0.25, 0.3) is 11.3 Å². The topological polar surface area (TPSA) is 107 Å². The monoisotopic (exact) mass is 467 g/mol. The molecule has 0 saturated carbocycles. The van der Waals surface area contributed by atoms with Gasteiger partial charge >= 0.3 is 0 Å². The lowest BCUT2D eigenvalue weighted by Gasteiger charge is -2.26. The maximum Gasteiger partial charge on any atom is 0.223 e. The van der Waals surface area contributed by atoms with Crippen molar-refractivity contribution in [2.24, 2.45) is 0 Å². The third-order valence-electron chi connectivity index (χ3n) is 5.72. The summed E-state index contributed by atoms with van der Waals surface area (Å²) in [6.07, 6.45) is 4.58. The zero-order chi connectivity index (χ0) is 23.3. The fraction of sp³-hybridized carbons (Fsp3) is 0.333. The predicted molar refractivity (Wildman–Crippen MR) is 129 cm³/mol. The number of hydrogen-bond donors (Lipinski definition) is 3. The summed E-state index contributed by atoms with van der Waals surface area (Å²) in [6, 6.07) is 16.8. The number of aromatic nitrogens is 2. The third kappa shape index (κ3) is 6.28. The van der Waals surface area contributed by atoms with E-state index in [4.69, 9.17) is 0 Å². The molecule has 2 aromatic carbocycles. The van der Waals surface area contributed by atoms with E-state index in [-0.39, 0.29) is 11.8 Å². The Morgan fingerprint density at radius 3 is 2.70 bits per heavy atom. The first-order valence-corrected chi connectivity index (χ1v) is 12.8. The lowest BCUT2D eigenvalue weighted by atomic mass is 10.1. The van der Waals surface area contributed by atoms with E-state index in [1.807, 2.05) is 42.5 Å². The Hall–Kier alpha value is -3.01. The number of nitrogens with zero attached hydrogens (tertiary/aromatic N) is 3. The Morgan fingerprint density at radius 1 is 1.15 bits per heavy atom. The van der Waals surface area contributed by atoms with Gasteiger partial charge in [-0.15, -0.1) is 0 Å². The van der Waals surface area contributed by atoms with Crippen LogP contribution in [0.2, 0.25) is 0 Å². The van der Waals surface area contributed by atoms with Gasteiger partial charge in [-0.1, -0.05) is 30.3 Å². The SMILES string of the molecule is CS(=O)(=O)N(Cc1cccc(-c2ccnc(NCCc3ccc(O)cc3)n2)c1)C1CCNC1. The van der Waals surface area contributed by atoms with E-state index in [1.54, 1.807) is 22.6 Å². The summed E-state index contributed by atoms with van der Waals surface area (Å²) in [4.78, 5) is 8.94. The van der Waals surface area contributed by atoms with Crippen molar-refractivity contribution in [3.63, 3.8) is 0 Å². The van der Waals surface area contributed by atoms with Gasteiger partial charge in [0.15, 0.2) is 0 Å². The van der Waals surface area contributed by atoms with Crippen LogP contribution >= 0.6 is 0 Å². The van der Waals surface area contributed by atoms with Crippen LogP contribution in [-0.4, -0.2) is 59.7 Å². The summed E-state index contributed by atoms with van der Waals surface area (Å²) in [5.74, 6) is 0.788. The second kappa shape index (κ2) is 10.3. The molecular formula is C24H29N5O3S. The molecule has 1 aromatic heterocycles. The molecule has 3 aromatic rings. The number of rotatable bonds is 9. The molecule has 174 valence electrons. The predicted octanol–water partition coefficient (Wildman–Crippen LogP) is 2.63. The van der Waals surface area contributed by atoms with Gasteiger partial charge < -0.3 is 15.7 Å². The van der Waals surface area contributed by atoms with Gasteiger partial charge in [0.1, 0.15) is 5.75 Å². The van der Waals surface area contributed by atoms with Crippen LogP contribution < -0.4 is 10.6 Å². The lowest BCUT2D eigenvalue weighted by molar-refractivity contribution is 0.331. The van der Waals surface area contributed by atoms with Crippen LogP contribution in [-0.2, 0) is 23.0 Å². The van der Waals surface area contributed by atoms with Gasteiger partial charge in [0.25, 0.3) is 0 Å². The van der Waals surface area contributed by atoms with Gasteiger partial charge in [-0.05, 0) is 54.8 Å². The van der Waals surface area contributed by atoms with Gasteiger partial charge in [0, 0.05) is 37.4 Å². The average molecular weight is 468 g/mol. The number of benzene rings is 2. The Morgan fingerprint density at radius 2 is 1.97 bits per heavy atom. The van der Waals surface area contributed by atoms with Crippen molar-refractivity contribution < 1.29 is 13.5 Å². The minimum Gasteiger partial charge on any atom is -0.508 e. The highest BCUT2D eigenvalue weighted by Gasteiger charge is 2.29. The number of sulfonamides is 1. The molecule has 4 rings (SSSR count). The first-order chi connectivity index (χ1) is 15.9. The van der Waals surface area contributed by atoms with E-state index in [0.717, 1.165) is 41.8 Å². The summed E-state index contributed by atoms with van der Waals surface area (Å²) >= 11 is 0. The molecule has 1 aliphatic heterocycles. The van der Waals surface area contributed by atoms with Crippen LogP contribution in [0.4, 0.5) is 5.95 Å². The highest BCUT2D eigenvalue weighted by atomic mass is 32.2. The number of phenolic OH excluding ortho intramolecular Hbond substituents is 1. The van der Waals surface area contributed by atoms with E-state index in [0.29, 0.717) is 25.6 Å². The standard InChI is InChI=1S/C24H29N5O3S/c1-33(31,32)29(21-10-12-25-16-21)17-19-3-2-4-20(15-19)23-11-14-27-24(28-23)26-13-9-18-5-7-22(30)8-6-18/h2-8,11,14-15,21,25,30H,9-10,12-13,16-17H2,1H3,(H,26,27,28). The number of hydrogen-bond acceptors (Lipinski definition) is 7. The van der Waals surface area contributed by atoms with Crippen molar-refractivity contribution in [2.75, 3.05) is 31.2 Å². The van der Waals surface area contributed by atoms with E-state index < -0.39 is 10.0 Å². The highest BCUT2D eigenvalue weighted by Crippen LogP contribution is 2.22. The van der Waals surface area contributed by atoms with E-state index in [1.165, 1.54) is 6.26 Å². The molecule has 33 heavy (non-hydrogen) atoms. The molecule has 3 N–H and O–H groups in total. The summed E-state index contributed by atoms with van der Waals surface area (Å²) in [6.45, 7) is 2.51.